The minimum atomic E-state index is -3.15. The van der Waals surface area contributed by atoms with Crippen molar-refractivity contribution in [3.05, 3.63) is 23.8 Å². The Morgan fingerprint density at radius 3 is 2.40 bits per heavy atom. The number of carbonyl (C=O) groups excluding carboxylic acids is 1. The van der Waals surface area contributed by atoms with E-state index in [9.17, 15) is 13.2 Å². The number of anilines is 2. The van der Waals surface area contributed by atoms with E-state index in [1.54, 1.807) is 0 Å². The number of carbonyl (C=O) groups is 1. The first-order chi connectivity index (χ1) is 11.9. The van der Waals surface area contributed by atoms with Gasteiger partial charge in [-0.1, -0.05) is 0 Å². The summed E-state index contributed by atoms with van der Waals surface area (Å²) in [6.07, 6.45) is 1.52. The van der Waals surface area contributed by atoms with Crippen molar-refractivity contribution in [3.63, 3.8) is 0 Å². The number of rotatable bonds is 7. The Labute approximate surface area is 150 Å². The van der Waals surface area contributed by atoms with Crippen molar-refractivity contribution in [1.82, 2.24) is 4.31 Å². The summed E-state index contributed by atoms with van der Waals surface area (Å²) in [5.74, 6) is -0.351. The standard InChI is InChI=1S/C18H27N3O3S/c1-4-20(5-2)15-6-9-17(13(3)10-15)19-18(22)14-11-21(12-14)25(23,24)16-7-8-16/h6,9-10,14,16H,4-5,7-8,11-12H2,1-3H3,(H,19,22). The smallest absolute Gasteiger partial charge is 0.230 e. The van der Waals surface area contributed by atoms with Crippen LogP contribution >= 0.6 is 0 Å². The van der Waals surface area contributed by atoms with Gasteiger partial charge in [-0.2, -0.15) is 4.31 Å². The summed E-state index contributed by atoms with van der Waals surface area (Å²) >= 11 is 0. The highest BCUT2D eigenvalue weighted by Gasteiger charge is 2.46. The fourth-order valence-electron chi connectivity index (χ4n) is 3.20. The Morgan fingerprint density at radius 2 is 1.88 bits per heavy atom. The van der Waals surface area contributed by atoms with Crippen LogP contribution in [0.3, 0.4) is 0 Å². The monoisotopic (exact) mass is 365 g/mol. The van der Waals surface area contributed by atoms with Gasteiger partial charge in [0.15, 0.2) is 0 Å². The van der Waals surface area contributed by atoms with Crippen LogP contribution < -0.4 is 10.2 Å². The quantitative estimate of drug-likeness (QED) is 0.804. The van der Waals surface area contributed by atoms with Crippen LogP contribution in [0.25, 0.3) is 0 Å². The lowest BCUT2D eigenvalue weighted by molar-refractivity contribution is -0.122. The summed E-state index contributed by atoms with van der Waals surface area (Å²) < 4.78 is 25.7. The van der Waals surface area contributed by atoms with E-state index < -0.39 is 10.0 Å². The molecule has 1 N–H and O–H groups in total. The molecule has 1 heterocycles. The molecule has 1 aliphatic carbocycles. The van der Waals surface area contributed by atoms with Crippen LogP contribution in [0.15, 0.2) is 18.2 Å². The summed E-state index contributed by atoms with van der Waals surface area (Å²) in [6, 6.07) is 6.02. The molecule has 1 saturated carbocycles. The third-order valence-corrected chi connectivity index (χ3v) is 7.45. The van der Waals surface area contributed by atoms with Gasteiger partial charge in [-0.3, -0.25) is 4.79 Å². The third-order valence-electron chi connectivity index (χ3n) is 5.12. The van der Waals surface area contributed by atoms with E-state index in [0.29, 0.717) is 13.1 Å². The molecule has 0 unspecified atom stereocenters. The molecule has 7 heteroatoms. The fourth-order valence-corrected chi connectivity index (χ4v) is 5.13. The van der Waals surface area contributed by atoms with Gasteiger partial charge in [0, 0.05) is 37.6 Å². The molecule has 3 rings (SSSR count). The van der Waals surface area contributed by atoms with Crippen molar-refractivity contribution in [1.29, 1.82) is 0 Å². The lowest BCUT2D eigenvalue weighted by atomic mass is 10.0. The molecule has 1 aliphatic heterocycles. The molecule has 1 saturated heterocycles. The molecular formula is C18H27N3O3S. The third kappa shape index (κ3) is 3.67. The molecule has 25 heavy (non-hydrogen) atoms. The number of nitrogens with zero attached hydrogens (tertiary/aromatic N) is 2. The highest BCUT2D eigenvalue weighted by Crippen LogP contribution is 2.34. The average molecular weight is 365 g/mol. The number of benzene rings is 1. The summed E-state index contributed by atoms with van der Waals surface area (Å²) in [4.78, 5) is 14.6. The summed E-state index contributed by atoms with van der Waals surface area (Å²) in [7, 11) is -3.15. The molecule has 1 aromatic carbocycles. The Bertz CT molecular complexity index is 749. The van der Waals surface area contributed by atoms with Crippen LogP contribution in [0.4, 0.5) is 11.4 Å². The molecule has 1 amide bonds. The maximum atomic E-state index is 12.4. The van der Waals surface area contributed by atoms with E-state index in [2.05, 4.69) is 30.1 Å². The van der Waals surface area contributed by atoms with Gasteiger partial charge in [0.25, 0.3) is 0 Å². The van der Waals surface area contributed by atoms with Crippen LogP contribution in [-0.2, 0) is 14.8 Å². The summed E-state index contributed by atoms with van der Waals surface area (Å²) in [5, 5.41) is 2.75. The van der Waals surface area contributed by atoms with Crippen LogP contribution in [0.1, 0.15) is 32.3 Å². The number of hydrogen-bond acceptors (Lipinski definition) is 4. The number of amides is 1. The number of aryl methyl sites for hydroxylation is 1. The van der Waals surface area contributed by atoms with Crippen molar-refractivity contribution in [2.45, 2.75) is 38.9 Å². The largest absolute Gasteiger partial charge is 0.372 e. The lowest BCUT2D eigenvalue weighted by Crippen LogP contribution is -2.55. The van der Waals surface area contributed by atoms with Crippen molar-refractivity contribution in [3.8, 4) is 0 Å². The first-order valence-corrected chi connectivity index (χ1v) is 10.5. The maximum Gasteiger partial charge on any atom is 0.230 e. The van der Waals surface area contributed by atoms with E-state index in [1.165, 1.54) is 4.31 Å². The first kappa shape index (κ1) is 18.2. The van der Waals surface area contributed by atoms with Crippen LogP contribution in [0.5, 0.6) is 0 Å². The molecule has 0 radical (unpaired) electrons. The molecule has 1 aromatic rings. The zero-order chi connectivity index (χ0) is 18.2. The lowest BCUT2D eigenvalue weighted by Gasteiger charge is -2.37. The summed E-state index contributed by atoms with van der Waals surface area (Å²) in [6.45, 7) is 8.71. The Kier molecular flexibility index (Phi) is 5.06. The van der Waals surface area contributed by atoms with Crippen LogP contribution in [0.2, 0.25) is 0 Å². The Balaban J connectivity index is 1.59. The molecule has 138 valence electrons. The van der Waals surface area contributed by atoms with Crippen molar-refractivity contribution < 1.29 is 13.2 Å². The van der Waals surface area contributed by atoms with Gasteiger partial charge in [0.05, 0.1) is 11.2 Å². The van der Waals surface area contributed by atoms with Gasteiger partial charge in [-0.25, -0.2) is 8.42 Å². The predicted octanol–water partition coefficient (Wildman–Crippen LogP) is 2.20. The van der Waals surface area contributed by atoms with Crippen molar-refractivity contribution in [2.75, 3.05) is 36.4 Å². The molecule has 2 aliphatic rings. The van der Waals surface area contributed by atoms with Crippen LogP contribution in [-0.4, -0.2) is 50.1 Å². The van der Waals surface area contributed by atoms with Gasteiger partial charge in [0.1, 0.15) is 0 Å². The molecule has 2 fully saturated rings. The SMILES string of the molecule is CCN(CC)c1ccc(NC(=O)C2CN(S(=O)(=O)C3CC3)C2)c(C)c1. The first-order valence-electron chi connectivity index (χ1n) is 9.02. The van der Waals surface area contributed by atoms with Gasteiger partial charge < -0.3 is 10.2 Å². The zero-order valence-electron chi connectivity index (χ0n) is 15.2. The van der Waals surface area contributed by atoms with Gasteiger partial charge in [0.2, 0.25) is 15.9 Å². The Hall–Kier alpha value is -1.60. The van der Waals surface area contributed by atoms with E-state index in [1.807, 2.05) is 19.1 Å². The second-order valence-electron chi connectivity index (χ2n) is 6.92. The minimum absolute atomic E-state index is 0.0964. The number of hydrogen-bond donors (Lipinski definition) is 1. The zero-order valence-corrected chi connectivity index (χ0v) is 16.0. The predicted molar refractivity (Wildman–Crippen MR) is 100 cm³/mol. The van der Waals surface area contributed by atoms with E-state index in [4.69, 9.17) is 0 Å². The topological polar surface area (TPSA) is 69.7 Å². The van der Waals surface area contributed by atoms with E-state index in [-0.39, 0.29) is 17.1 Å². The highest BCUT2D eigenvalue weighted by molar-refractivity contribution is 7.90. The minimum Gasteiger partial charge on any atom is -0.372 e. The van der Waals surface area contributed by atoms with E-state index >= 15 is 0 Å². The Morgan fingerprint density at radius 1 is 1.24 bits per heavy atom. The second kappa shape index (κ2) is 6.96. The molecule has 0 bridgehead atoms. The normalized spacial score (nSPS) is 18.7. The number of nitrogens with one attached hydrogen (secondary N) is 1. The van der Waals surface area contributed by atoms with Crippen molar-refractivity contribution >= 4 is 27.3 Å². The number of sulfonamides is 1. The maximum absolute atomic E-state index is 12.4. The second-order valence-corrected chi connectivity index (χ2v) is 9.13. The van der Waals surface area contributed by atoms with Crippen molar-refractivity contribution in [2.24, 2.45) is 5.92 Å². The molecular weight excluding hydrogens is 338 g/mol. The molecule has 0 atom stereocenters. The molecule has 0 aromatic heterocycles. The molecule has 6 nitrogen and oxygen atoms in total. The average Bonchev–Trinajstić information content (AvgIpc) is 3.34. The van der Waals surface area contributed by atoms with E-state index in [0.717, 1.165) is 42.9 Å². The van der Waals surface area contributed by atoms with Gasteiger partial charge in [-0.15, -0.1) is 0 Å². The summed E-state index contributed by atoms with van der Waals surface area (Å²) in [5.41, 5.74) is 2.95. The molecule has 0 spiro atoms. The highest BCUT2D eigenvalue weighted by atomic mass is 32.2. The fraction of sp³-hybridized carbons (Fsp3) is 0.611. The van der Waals surface area contributed by atoms with Crippen LogP contribution in [0, 0.1) is 12.8 Å². The van der Waals surface area contributed by atoms with Gasteiger partial charge >= 0.3 is 0 Å². The van der Waals surface area contributed by atoms with Gasteiger partial charge in [-0.05, 0) is 57.4 Å².